The summed E-state index contributed by atoms with van der Waals surface area (Å²) in [5.41, 5.74) is -1.94. The number of rotatable bonds is 2. The van der Waals surface area contributed by atoms with Gasteiger partial charge in [-0.05, 0) is 18.2 Å². The standard InChI is InChI=1S/C13H7ClF3N3O2/c14-10-5-7(1-4-19-10)11(21)20-12(22)8-6-18-3-2-9(8)13(15,16)17/h1-6H,(H,20,21,22). The number of aromatic nitrogens is 2. The summed E-state index contributed by atoms with van der Waals surface area (Å²) in [5, 5.41) is 1.86. The highest BCUT2D eigenvalue weighted by Gasteiger charge is 2.35. The third kappa shape index (κ3) is 3.59. The van der Waals surface area contributed by atoms with E-state index in [1.54, 1.807) is 0 Å². The average Bonchev–Trinajstić information content (AvgIpc) is 2.46. The first-order valence-electron chi connectivity index (χ1n) is 5.77. The molecule has 0 bridgehead atoms. The van der Waals surface area contributed by atoms with Gasteiger partial charge < -0.3 is 0 Å². The fourth-order valence-electron chi connectivity index (χ4n) is 1.61. The highest BCUT2D eigenvalue weighted by atomic mass is 35.5. The lowest BCUT2D eigenvalue weighted by Gasteiger charge is -2.11. The normalized spacial score (nSPS) is 11.1. The van der Waals surface area contributed by atoms with Crippen molar-refractivity contribution in [1.29, 1.82) is 0 Å². The summed E-state index contributed by atoms with van der Waals surface area (Å²) in [7, 11) is 0. The molecule has 5 nitrogen and oxygen atoms in total. The van der Waals surface area contributed by atoms with Crippen LogP contribution in [0.1, 0.15) is 26.3 Å². The van der Waals surface area contributed by atoms with Gasteiger partial charge in [-0.25, -0.2) is 4.98 Å². The van der Waals surface area contributed by atoms with E-state index in [0.29, 0.717) is 6.07 Å². The monoisotopic (exact) mass is 329 g/mol. The molecule has 2 heterocycles. The molecule has 114 valence electrons. The lowest BCUT2D eigenvalue weighted by molar-refractivity contribution is -0.138. The number of carbonyl (C=O) groups is 2. The van der Waals surface area contributed by atoms with E-state index in [-0.39, 0.29) is 10.7 Å². The second-order valence-corrected chi connectivity index (χ2v) is 4.46. The highest BCUT2D eigenvalue weighted by Crippen LogP contribution is 2.31. The van der Waals surface area contributed by atoms with E-state index in [1.807, 2.05) is 5.32 Å². The Bertz CT molecular complexity index is 734. The van der Waals surface area contributed by atoms with Crippen molar-refractivity contribution in [2.75, 3.05) is 0 Å². The number of nitrogens with one attached hydrogen (secondary N) is 1. The molecule has 1 N–H and O–H groups in total. The first-order valence-corrected chi connectivity index (χ1v) is 6.15. The number of hydrogen-bond donors (Lipinski definition) is 1. The number of carbonyl (C=O) groups excluding carboxylic acids is 2. The molecule has 0 aliphatic rings. The smallest absolute Gasteiger partial charge is 0.288 e. The molecule has 2 aromatic rings. The molecule has 0 fully saturated rings. The van der Waals surface area contributed by atoms with Gasteiger partial charge in [-0.2, -0.15) is 13.2 Å². The van der Waals surface area contributed by atoms with Gasteiger partial charge in [0.25, 0.3) is 11.8 Å². The van der Waals surface area contributed by atoms with Crippen molar-refractivity contribution in [2.45, 2.75) is 6.18 Å². The number of alkyl halides is 3. The van der Waals surface area contributed by atoms with Gasteiger partial charge in [0.1, 0.15) is 5.15 Å². The van der Waals surface area contributed by atoms with Crippen molar-refractivity contribution in [3.8, 4) is 0 Å². The fraction of sp³-hybridized carbons (Fsp3) is 0.0769. The molecule has 22 heavy (non-hydrogen) atoms. The van der Waals surface area contributed by atoms with Gasteiger partial charge in [-0.1, -0.05) is 11.6 Å². The van der Waals surface area contributed by atoms with E-state index < -0.39 is 29.1 Å². The van der Waals surface area contributed by atoms with Crippen LogP contribution in [-0.2, 0) is 6.18 Å². The highest BCUT2D eigenvalue weighted by molar-refractivity contribution is 6.29. The molecule has 2 amide bonds. The summed E-state index contributed by atoms with van der Waals surface area (Å²) in [6, 6.07) is 3.10. The molecule has 0 saturated heterocycles. The van der Waals surface area contributed by atoms with Crippen LogP contribution in [0.3, 0.4) is 0 Å². The predicted molar refractivity (Wildman–Crippen MR) is 70.3 cm³/mol. The maximum atomic E-state index is 12.8. The summed E-state index contributed by atoms with van der Waals surface area (Å²) in [6.07, 6.45) is -1.86. The minimum Gasteiger partial charge on any atom is -0.288 e. The van der Waals surface area contributed by atoms with E-state index in [9.17, 15) is 22.8 Å². The van der Waals surface area contributed by atoms with Crippen molar-refractivity contribution >= 4 is 23.4 Å². The lowest BCUT2D eigenvalue weighted by Crippen LogP contribution is -2.32. The number of halogens is 4. The first kappa shape index (κ1) is 15.9. The van der Waals surface area contributed by atoms with Crippen molar-refractivity contribution in [2.24, 2.45) is 0 Å². The third-order valence-electron chi connectivity index (χ3n) is 2.59. The molecule has 0 aromatic carbocycles. The summed E-state index contributed by atoms with van der Waals surface area (Å²) < 4.78 is 38.4. The molecule has 0 saturated carbocycles. The quantitative estimate of drug-likeness (QED) is 0.679. The van der Waals surface area contributed by atoms with Crippen molar-refractivity contribution < 1.29 is 22.8 Å². The molecule has 0 aliphatic heterocycles. The Hall–Kier alpha value is -2.48. The van der Waals surface area contributed by atoms with Crippen LogP contribution in [0.2, 0.25) is 5.15 Å². The molecule has 0 atom stereocenters. The molecule has 2 rings (SSSR count). The molecule has 9 heteroatoms. The number of imide groups is 1. The number of pyridine rings is 2. The minimum atomic E-state index is -4.74. The van der Waals surface area contributed by atoms with Crippen LogP contribution in [0.4, 0.5) is 13.2 Å². The zero-order valence-electron chi connectivity index (χ0n) is 10.7. The van der Waals surface area contributed by atoms with Crippen molar-refractivity contribution in [3.63, 3.8) is 0 Å². The van der Waals surface area contributed by atoms with Crippen LogP contribution in [0, 0.1) is 0 Å². The van der Waals surface area contributed by atoms with E-state index in [0.717, 1.165) is 12.4 Å². The fourth-order valence-corrected chi connectivity index (χ4v) is 1.78. The molecule has 0 radical (unpaired) electrons. The van der Waals surface area contributed by atoms with Gasteiger partial charge in [-0.15, -0.1) is 0 Å². The Labute approximate surface area is 127 Å². The first-order chi connectivity index (χ1) is 10.3. The summed E-state index contributed by atoms with van der Waals surface area (Å²) >= 11 is 5.59. The van der Waals surface area contributed by atoms with Crippen LogP contribution >= 0.6 is 11.6 Å². The van der Waals surface area contributed by atoms with Crippen LogP contribution in [-0.4, -0.2) is 21.8 Å². The molecule has 0 unspecified atom stereocenters. The average molecular weight is 330 g/mol. The Kier molecular flexibility index (Phi) is 4.41. The Balaban J connectivity index is 2.25. The van der Waals surface area contributed by atoms with Crippen molar-refractivity contribution in [3.05, 3.63) is 58.6 Å². The van der Waals surface area contributed by atoms with Gasteiger partial charge in [-0.3, -0.25) is 19.9 Å². The maximum Gasteiger partial charge on any atom is 0.417 e. The predicted octanol–water partition coefficient (Wildman–Crippen LogP) is 2.72. The lowest BCUT2D eigenvalue weighted by atomic mass is 10.1. The minimum absolute atomic E-state index is 0.00852. The molecular formula is C13H7ClF3N3O2. The summed E-state index contributed by atoms with van der Waals surface area (Å²) in [6.45, 7) is 0. The molecule has 0 spiro atoms. The van der Waals surface area contributed by atoms with Gasteiger partial charge in [0, 0.05) is 24.2 Å². The SMILES string of the molecule is O=C(NC(=O)c1cnccc1C(F)(F)F)c1ccnc(Cl)c1. The number of amides is 2. The number of nitrogens with zero attached hydrogens (tertiary/aromatic N) is 2. The van der Waals surface area contributed by atoms with E-state index in [4.69, 9.17) is 11.6 Å². The van der Waals surface area contributed by atoms with Gasteiger partial charge in [0.05, 0.1) is 11.1 Å². The molecule has 0 aliphatic carbocycles. The van der Waals surface area contributed by atoms with Gasteiger partial charge >= 0.3 is 6.18 Å². The van der Waals surface area contributed by atoms with Gasteiger partial charge in [0.2, 0.25) is 0 Å². The zero-order valence-corrected chi connectivity index (χ0v) is 11.4. The topological polar surface area (TPSA) is 72.0 Å². The largest absolute Gasteiger partial charge is 0.417 e. The van der Waals surface area contributed by atoms with Crippen LogP contribution in [0.15, 0.2) is 36.8 Å². The summed E-state index contributed by atoms with van der Waals surface area (Å²) in [4.78, 5) is 30.8. The summed E-state index contributed by atoms with van der Waals surface area (Å²) in [5.74, 6) is -2.11. The van der Waals surface area contributed by atoms with Crippen molar-refractivity contribution in [1.82, 2.24) is 15.3 Å². The van der Waals surface area contributed by atoms with E-state index >= 15 is 0 Å². The molecular weight excluding hydrogens is 323 g/mol. The van der Waals surface area contributed by atoms with E-state index in [1.165, 1.54) is 18.3 Å². The molecule has 2 aromatic heterocycles. The Morgan fingerprint density at radius 2 is 1.86 bits per heavy atom. The Morgan fingerprint density at radius 1 is 1.14 bits per heavy atom. The number of hydrogen-bond acceptors (Lipinski definition) is 4. The maximum absolute atomic E-state index is 12.8. The Morgan fingerprint density at radius 3 is 2.50 bits per heavy atom. The third-order valence-corrected chi connectivity index (χ3v) is 2.79. The second kappa shape index (κ2) is 6.10. The van der Waals surface area contributed by atoms with Crippen LogP contribution < -0.4 is 5.32 Å². The van der Waals surface area contributed by atoms with Crippen LogP contribution in [0.5, 0.6) is 0 Å². The van der Waals surface area contributed by atoms with E-state index in [2.05, 4.69) is 9.97 Å². The zero-order chi connectivity index (χ0) is 16.3. The van der Waals surface area contributed by atoms with Crippen LogP contribution in [0.25, 0.3) is 0 Å². The second-order valence-electron chi connectivity index (χ2n) is 4.07. The van der Waals surface area contributed by atoms with Gasteiger partial charge in [0.15, 0.2) is 0 Å².